The summed E-state index contributed by atoms with van der Waals surface area (Å²) in [6, 6.07) is 3.40. The number of fused-ring (bicyclic) bond motifs is 4. The number of carbonyl (C=O) groups is 1. The molecule has 2 bridgehead atoms. The number of benzene rings is 2. The van der Waals surface area contributed by atoms with Crippen LogP contribution in [0.1, 0.15) is 31.2 Å². The molecular formula is C35H33F5N6O4. The molecule has 1 saturated carbocycles. The predicted molar refractivity (Wildman–Crippen MR) is 174 cm³/mol. The molecule has 10 nitrogen and oxygen atoms in total. The largest absolute Gasteiger partial charge is 0.508 e. The number of phenols is 1. The van der Waals surface area contributed by atoms with Crippen molar-refractivity contribution in [3.63, 3.8) is 0 Å². The van der Waals surface area contributed by atoms with Crippen LogP contribution in [0.3, 0.4) is 0 Å². The number of terminal acetylenes is 1. The minimum absolute atomic E-state index is 0.0204. The van der Waals surface area contributed by atoms with E-state index in [0.717, 1.165) is 30.4 Å². The highest BCUT2D eigenvalue weighted by atomic mass is 19.4. The fourth-order valence-electron chi connectivity index (χ4n) is 7.44. The van der Waals surface area contributed by atoms with E-state index in [4.69, 9.17) is 15.9 Å². The number of aromatic nitrogens is 3. The number of aromatic hydroxyl groups is 1. The third kappa shape index (κ3) is 5.74. The molecule has 50 heavy (non-hydrogen) atoms. The standard InChI is InChI=1S/C35H33F5N6O4/c1-5-22-24(36)9-6-18-12-21(47)13-23(25(18)22)28-27(37)29-26(31(41-28)49-4)30(43-33(42-29)50-17-34(10-11-34)16-44(2)3)45-14-19-7-8-20(15-45)46(19)32(48)35(38,39)40/h1,6,9,12-13,19-20,47H,7-8,10-11,14-17H2,2-4H3. The highest BCUT2D eigenvalue weighted by molar-refractivity contribution is 6.04. The molecule has 0 spiro atoms. The second-order valence-corrected chi connectivity index (χ2v) is 13.5. The monoisotopic (exact) mass is 696 g/mol. The van der Waals surface area contributed by atoms with Gasteiger partial charge in [-0.1, -0.05) is 12.0 Å². The van der Waals surface area contributed by atoms with Gasteiger partial charge in [-0.3, -0.25) is 4.79 Å². The van der Waals surface area contributed by atoms with E-state index in [1.54, 1.807) is 4.90 Å². The van der Waals surface area contributed by atoms with Gasteiger partial charge < -0.3 is 29.3 Å². The lowest BCUT2D eigenvalue weighted by Gasteiger charge is -2.42. The van der Waals surface area contributed by atoms with Gasteiger partial charge in [-0.25, -0.2) is 13.8 Å². The van der Waals surface area contributed by atoms with Gasteiger partial charge in [0.25, 0.3) is 0 Å². The van der Waals surface area contributed by atoms with E-state index in [9.17, 15) is 27.5 Å². The summed E-state index contributed by atoms with van der Waals surface area (Å²) < 4.78 is 84.3. The molecule has 2 atom stereocenters. The summed E-state index contributed by atoms with van der Waals surface area (Å²) in [5.74, 6) is -1.58. The number of carbonyl (C=O) groups excluding carboxylic acids is 1. The normalized spacial score (nSPS) is 19.7. The van der Waals surface area contributed by atoms with Gasteiger partial charge in [0.2, 0.25) is 5.88 Å². The van der Waals surface area contributed by atoms with E-state index in [2.05, 4.69) is 20.9 Å². The SMILES string of the molecule is C#Cc1c(F)ccc2cc(O)cc(-c3nc(OC)c4c(N5CC6CCC(C5)N6C(=O)C(F)(F)F)nc(OCC5(CN(C)C)CC5)nc4c3F)c12. The maximum absolute atomic E-state index is 17.0. The van der Waals surface area contributed by atoms with E-state index in [1.807, 2.05) is 19.0 Å². The van der Waals surface area contributed by atoms with Crippen molar-refractivity contribution in [1.82, 2.24) is 24.8 Å². The summed E-state index contributed by atoms with van der Waals surface area (Å²) in [6.45, 7) is 0.917. The molecule has 2 unspecified atom stereocenters. The predicted octanol–water partition coefficient (Wildman–Crippen LogP) is 5.28. The zero-order chi connectivity index (χ0) is 35.7. The van der Waals surface area contributed by atoms with Crippen LogP contribution in [0.25, 0.3) is 32.9 Å². The number of piperazine rings is 1. The van der Waals surface area contributed by atoms with Gasteiger partial charge in [0.15, 0.2) is 5.82 Å². The van der Waals surface area contributed by atoms with E-state index < -0.39 is 35.8 Å². The Balaban J connectivity index is 1.40. The smallest absolute Gasteiger partial charge is 0.471 e. The maximum atomic E-state index is 17.0. The molecule has 2 saturated heterocycles. The van der Waals surface area contributed by atoms with Crippen LogP contribution in [-0.4, -0.2) is 101 Å². The molecule has 2 aromatic heterocycles. The number of pyridine rings is 1. The molecule has 1 N–H and O–H groups in total. The molecule has 2 aromatic carbocycles. The number of phenolic OH excluding ortho intramolecular Hbond substituents is 1. The third-order valence-electron chi connectivity index (χ3n) is 9.73. The first-order valence-electron chi connectivity index (χ1n) is 16.0. The number of alkyl halides is 3. The molecule has 262 valence electrons. The first kappa shape index (κ1) is 33.5. The Bertz CT molecular complexity index is 2070. The molecule has 3 aliphatic rings. The minimum atomic E-state index is -5.03. The molecule has 0 radical (unpaired) electrons. The lowest BCUT2D eigenvalue weighted by molar-refractivity contribution is -0.188. The second-order valence-electron chi connectivity index (χ2n) is 13.5. The van der Waals surface area contributed by atoms with Crippen molar-refractivity contribution in [3.8, 4) is 41.2 Å². The summed E-state index contributed by atoms with van der Waals surface area (Å²) in [5, 5.41) is 11.1. The zero-order valence-corrected chi connectivity index (χ0v) is 27.4. The quantitative estimate of drug-likeness (QED) is 0.195. The van der Waals surface area contributed by atoms with Gasteiger partial charge in [-0.15, -0.1) is 6.42 Å². The number of hydrogen-bond donors (Lipinski definition) is 1. The maximum Gasteiger partial charge on any atom is 0.471 e. The van der Waals surface area contributed by atoms with Crippen molar-refractivity contribution in [2.45, 2.75) is 43.9 Å². The number of ether oxygens (including phenoxy) is 2. The topological polar surface area (TPSA) is 104 Å². The van der Waals surface area contributed by atoms with Crippen LogP contribution in [-0.2, 0) is 4.79 Å². The third-order valence-corrected chi connectivity index (χ3v) is 9.73. The highest BCUT2D eigenvalue weighted by Crippen LogP contribution is 2.47. The number of halogens is 5. The van der Waals surface area contributed by atoms with Crippen LogP contribution >= 0.6 is 0 Å². The summed E-state index contributed by atoms with van der Waals surface area (Å²) in [4.78, 5) is 30.5. The van der Waals surface area contributed by atoms with Crippen molar-refractivity contribution in [2.75, 3.05) is 52.3 Å². The number of hydrogen-bond acceptors (Lipinski definition) is 9. The number of methoxy groups -OCH3 is 1. The average molecular weight is 697 g/mol. The number of anilines is 1. The Hall–Kier alpha value is -4.97. The van der Waals surface area contributed by atoms with Gasteiger partial charge in [0, 0.05) is 36.0 Å². The molecule has 4 aromatic rings. The molecule has 3 fully saturated rings. The van der Waals surface area contributed by atoms with Crippen molar-refractivity contribution in [3.05, 3.63) is 41.5 Å². The van der Waals surface area contributed by atoms with Gasteiger partial charge in [-0.2, -0.15) is 23.1 Å². The van der Waals surface area contributed by atoms with Gasteiger partial charge in [-0.05, 0) is 63.4 Å². The molecule has 2 aliphatic heterocycles. The van der Waals surface area contributed by atoms with E-state index in [1.165, 1.54) is 25.3 Å². The van der Waals surface area contributed by atoms with Crippen molar-refractivity contribution in [1.29, 1.82) is 0 Å². The summed E-state index contributed by atoms with van der Waals surface area (Å²) in [7, 11) is 5.19. The lowest BCUT2D eigenvalue weighted by Crippen LogP contribution is -2.59. The second kappa shape index (κ2) is 12.1. The molecule has 1 aliphatic carbocycles. The number of amides is 1. The molecule has 4 heterocycles. The van der Waals surface area contributed by atoms with Crippen molar-refractivity contribution in [2.24, 2.45) is 5.41 Å². The number of nitrogens with zero attached hydrogens (tertiary/aromatic N) is 6. The molecule has 15 heteroatoms. The van der Waals surface area contributed by atoms with Crippen LogP contribution in [0, 0.1) is 29.4 Å². The summed E-state index contributed by atoms with van der Waals surface area (Å²) in [5.41, 5.74) is -0.962. The fraction of sp³-hybridized carbons (Fsp3) is 0.429. The molecular weight excluding hydrogens is 663 g/mol. The van der Waals surface area contributed by atoms with Crippen molar-refractivity contribution >= 4 is 33.4 Å². The van der Waals surface area contributed by atoms with Crippen LogP contribution in [0.2, 0.25) is 0 Å². The van der Waals surface area contributed by atoms with Crippen LogP contribution in [0.5, 0.6) is 17.6 Å². The van der Waals surface area contributed by atoms with Crippen LogP contribution in [0.15, 0.2) is 24.3 Å². The van der Waals surface area contributed by atoms with Crippen LogP contribution < -0.4 is 14.4 Å². The highest BCUT2D eigenvalue weighted by Gasteiger charge is 2.52. The van der Waals surface area contributed by atoms with E-state index in [0.29, 0.717) is 18.2 Å². The van der Waals surface area contributed by atoms with E-state index in [-0.39, 0.29) is 81.7 Å². The fourth-order valence-corrected chi connectivity index (χ4v) is 7.44. The van der Waals surface area contributed by atoms with Crippen LogP contribution in [0.4, 0.5) is 27.8 Å². The number of rotatable bonds is 8. The van der Waals surface area contributed by atoms with Gasteiger partial charge >= 0.3 is 18.1 Å². The Morgan fingerprint density at radius 2 is 1.80 bits per heavy atom. The minimum Gasteiger partial charge on any atom is -0.508 e. The Morgan fingerprint density at radius 3 is 2.40 bits per heavy atom. The van der Waals surface area contributed by atoms with Crippen molar-refractivity contribution < 1.29 is 41.3 Å². The average Bonchev–Trinajstić information content (AvgIpc) is 3.78. The Labute approximate surface area is 283 Å². The Kier molecular flexibility index (Phi) is 8.12. The van der Waals surface area contributed by atoms with Gasteiger partial charge in [0.1, 0.15) is 34.0 Å². The van der Waals surface area contributed by atoms with Gasteiger partial charge in [0.05, 0.1) is 31.4 Å². The molecule has 1 amide bonds. The first-order valence-corrected chi connectivity index (χ1v) is 16.0. The lowest BCUT2D eigenvalue weighted by atomic mass is 9.95. The Morgan fingerprint density at radius 1 is 1.10 bits per heavy atom. The summed E-state index contributed by atoms with van der Waals surface area (Å²) >= 11 is 0. The first-order chi connectivity index (χ1) is 23.7. The molecule has 7 rings (SSSR count). The zero-order valence-electron chi connectivity index (χ0n) is 27.4. The summed E-state index contributed by atoms with van der Waals surface area (Å²) in [6.07, 6.45) is 3.13. The van der Waals surface area contributed by atoms with E-state index >= 15 is 4.39 Å².